The number of hydrogen-bond donors (Lipinski definition) is 3. The number of carbonyl (C=O) groups is 1. The minimum Gasteiger partial charge on any atom is -0.507 e. The number of carbonyl (C=O) groups excluding carboxylic acids is 1. The van der Waals surface area contributed by atoms with Crippen molar-refractivity contribution in [1.29, 1.82) is 5.26 Å². The van der Waals surface area contributed by atoms with Crippen molar-refractivity contribution in [2.75, 3.05) is 13.1 Å². The van der Waals surface area contributed by atoms with Gasteiger partial charge in [0.2, 0.25) is 0 Å². The first kappa shape index (κ1) is 15.8. The van der Waals surface area contributed by atoms with Gasteiger partial charge in [0.25, 0.3) is 5.91 Å². The van der Waals surface area contributed by atoms with E-state index >= 15 is 0 Å². The van der Waals surface area contributed by atoms with Gasteiger partial charge in [0.1, 0.15) is 5.75 Å². The third-order valence-corrected chi connectivity index (χ3v) is 3.91. The van der Waals surface area contributed by atoms with Crippen molar-refractivity contribution in [2.24, 2.45) is 4.99 Å². The maximum atomic E-state index is 12.7. The van der Waals surface area contributed by atoms with Crippen LogP contribution in [0.1, 0.15) is 15.9 Å². The molecule has 0 fully saturated rings. The average Bonchev–Trinajstić information content (AvgIpc) is 3.08. The smallest absolute Gasteiger partial charge is 0.262 e. The summed E-state index contributed by atoms with van der Waals surface area (Å²) in [6.07, 6.45) is 0. The molecule has 0 aromatic heterocycles. The number of halogens is 1. The van der Waals surface area contributed by atoms with E-state index in [1.54, 1.807) is 24.3 Å². The van der Waals surface area contributed by atoms with Crippen LogP contribution in [-0.2, 0) is 0 Å². The number of aromatic hydroxyl groups is 1. The van der Waals surface area contributed by atoms with Gasteiger partial charge in [0, 0.05) is 22.7 Å². The van der Waals surface area contributed by atoms with Gasteiger partial charge in [-0.15, -0.1) is 0 Å². The largest absolute Gasteiger partial charge is 0.507 e. The average molecular weight is 341 g/mol. The molecule has 1 aliphatic heterocycles. The van der Waals surface area contributed by atoms with Gasteiger partial charge in [-0.05, 0) is 18.2 Å². The van der Waals surface area contributed by atoms with Crippen LogP contribution in [0.5, 0.6) is 5.75 Å². The first-order chi connectivity index (χ1) is 11.6. The highest BCUT2D eigenvalue weighted by molar-refractivity contribution is 6.33. The lowest BCUT2D eigenvalue weighted by Crippen LogP contribution is -2.38. The monoisotopic (exact) mass is 340 g/mol. The fourth-order valence-corrected chi connectivity index (χ4v) is 2.74. The number of guanidine groups is 1. The van der Waals surface area contributed by atoms with Crippen molar-refractivity contribution in [1.82, 2.24) is 10.6 Å². The second-order valence-corrected chi connectivity index (χ2v) is 5.49. The fraction of sp³-hybridized carbons (Fsp3) is 0.118. The summed E-state index contributed by atoms with van der Waals surface area (Å²) < 4.78 is 0. The maximum absolute atomic E-state index is 12.7. The number of hydrogen-bond acceptors (Lipinski definition) is 5. The van der Waals surface area contributed by atoms with Crippen LogP contribution in [0, 0.1) is 11.3 Å². The van der Waals surface area contributed by atoms with Gasteiger partial charge < -0.3 is 10.4 Å². The minimum atomic E-state index is -0.562. The topological polar surface area (TPSA) is 97.5 Å². The summed E-state index contributed by atoms with van der Waals surface area (Å²) >= 11 is 6.23. The van der Waals surface area contributed by atoms with Crippen molar-refractivity contribution in [3.05, 3.63) is 52.5 Å². The standard InChI is InChI=1S/C17H13ClN4O2/c18-12-4-2-1-3-11(12)14-10(9-19)5-6-13(23)15(14)16(24)22-17-20-7-8-21-17/h1-6,23H,7-8H2,(H2,20,21,22,24). The second-order valence-electron chi connectivity index (χ2n) is 5.09. The molecule has 2 aromatic rings. The van der Waals surface area contributed by atoms with Crippen LogP contribution in [0.4, 0.5) is 0 Å². The van der Waals surface area contributed by atoms with Crippen LogP contribution in [0.3, 0.4) is 0 Å². The highest BCUT2D eigenvalue weighted by atomic mass is 35.5. The molecule has 0 bridgehead atoms. The molecule has 1 heterocycles. The molecule has 120 valence electrons. The SMILES string of the molecule is N#Cc1ccc(O)c(C(=O)NC2=NCCN2)c1-c1ccccc1Cl. The summed E-state index contributed by atoms with van der Waals surface area (Å²) in [5, 5.41) is 25.5. The normalized spacial score (nSPS) is 12.9. The van der Waals surface area contributed by atoms with Crippen LogP contribution in [0.15, 0.2) is 41.4 Å². The number of aliphatic imine (C=N–C) groups is 1. The van der Waals surface area contributed by atoms with E-state index in [1.165, 1.54) is 12.1 Å². The molecule has 0 unspecified atom stereocenters. The summed E-state index contributed by atoms with van der Waals surface area (Å²) in [5.41, 5.74) is 1.02. The zero-order valence-corrected chi connectivity index (χ0v) is 13.3. The van der Waals surface area contributed by atoms with Crippen LogP contribution in [0.2, 0.25) is 5.02 Å². The molecule has 0 radical (unpaired) electrons. The van der Waals surface area contributed by atoms with Gasteiger partial charge in [0.05, 0.1) is 23.7 Å². The number of phenols is 1. The maximum Gasteiger partial charge on any atom is 0.262 e. The predicted octanol–water partition coefficient (Wildman–Crippen LogP) is 2.27. The first-order valence-electron chi connectivity index (χ1n) is 7.22. The van der Waals surface area contributed by atoms with Gasteiger partial charge in [-0.25, -0.2) is 0 Å². The van der Waals surface area contributed by atoms with Gasteiger partial charge in [0.15, 0.2) is 5.96 Å². The number of rotatable bonds is 2. The second kappa shape index (κ2) is 6.60. The number of benzene rings is 2. The lowest BCUT2D eigenvalue weighted by atomic mass is 9.93. The number of nitrogens with one attached hydrogen (secondary N) is 2. The van der Waals surface area contributed by atoms with E-state index in [0.717, 1.165) is 0 Å². The molecule has 0 spiro atoms. The molecule has 0 saturated heterocycles. The number of nitriles is 1. The van der Waals surface area contributed by atoms with E-state index < -0.39 is 5.91 Å². The van der Waals surface area contributed by atoms with Gasteiger partial charge in [-0.3, -0.25) is 15.1 Å². The van der Waals surface area contributed by atoms with Crippen molar-refractivity contribution >= 4 is 23.5 Å². The summed E-state index contributed by atoms with van der Waals surface area (Å²) in [6.45, 7) is 1.20. The fourth-order valence-electron chi connectivity index (χ4n) is 2.51. The van der Waals surface area contributed by atoms with E-state index in [9.17, 15) is 15.2 Å². The van der Waals surface area contributed by atoms with Crippen molar-refractivity contribution < 1.29 is 9.90 Å². The Bertz CT molecular complexity index is 887. The van der Waals surface area contributed by atoms with Crippen molar-refractivity contribution in [2.45, 2.75) is 0 Å². The Balaban J connectivity index is 2.16. The Morgan fingerprint density at radius 1 is 1.33 bits per heavy atom. The van der Waals surface area contributed by atoms with Gasteiger partial charge in [-0.1, -0.05) is 29.8 Å². The number of nitrogens with zero attached hydrogens (tertiary/aromatic N) is 2. The summed E-state index contributed by atoms with van der Waals surface area (Å²) in [5.74, 6) is -0.459. The van der Waals surface area contributed by atoms with Crippen molar-refractivity contribution in [3.8, 4) is 22.9 Å². The molecule has 6 nitrogen and oxygen atoms in total. The highest BCUT2D eigenvalue weighted by Crippen LogP contribution is 2.37. The summed E-state index contributed by atoms with van der Waals surface area (Å²) in [6, 6.07) is 11.7. The summed E-state index contributed by atoms with van der Waals surface area (Å²) in [4.78, 5) is 16.7. The molecule has 3 rings (SSSR count). The van der Waals surface area contributed by atoms with E-state index in [2.05, 4.69) is 15.6 Å². The first-order valence-corrected chi connectivity index (χ1v) is 7.60. The predicted molar refractivity (Wildman–Crippen MR) is 91.0 cm³/mol. The highest BCUT2D eigenvalue weighted by Gasteiger charge is 2.23. The molecule has 1 amide bonds. The lowest BCUT2D eigenvalue weighted by Gasteiger charge is -2.14. The molecular weight excluding hydrogens is 328 g/mol. The quantitative estimate of drug-likeness (QED) is 0.781. The van der Waals surface area contributed by atoms with Crippen LogP contribution >= 0.6 is 11.6 Å². The van der Waals surface area contributed by atoms with E-state index in [4.69, 9.17) is 11.6 Å². The van der Waals surface area contributed by atoms with Crippen molar-refractivity contribution in [3.63, 3.8) is 0 Å². The molecule has 2 aromatic carbocycles. The molecule has 0 aliphatic carbocycles. The molecule has 7 heteroatoms. The molecular formula is C17H13ClN4O2. The zero-order chi connectivity index (χ0) is 17.1. The van der Waals surface area contributed by atoms with E-state index in [-0.39, 0.29) is 16.9 Å². The third-order valence-electron chi connectivity index (χ3n) is 3.58. The Kier molecular flexibility index (Phi) is 4.36. The summed E-state index contributed by atoms with van der Waals surface area (Å²) in [7, 11) is 0. The number of amides is 1. The van der Waals surface area contributed by atoms with Crippen LogP contribution in [0.25, 0.3) is 11.1 Å². The third kappa shape index (κ3) is 2.90. The Morgan fingerprint density at radius 2 is 2.12 bits per heavy atom. The molecule has 0 atom stereocenters. The Labute approximate surface area is 143 Å². The molecule has 1 aliphatic rings. The molecule has 3 N–H and O–H groups in total. The van der Waals surface area contributed by atoms with Crippen LogP contribution in [-0.4, -0.2) is 30.1 Å². The van der Waals surface area contributed by atoms with E-state index in [1.807, 2.05) is 6.07 Å². The zero-order valence-electron chi connectivity index (χ0n) is 12.5. The number of phenolic OH excluding ortho intramolecular Hbond substituents is 1. The molecule has 24 heavy (non-hydrogen) atoms. The minimum absolute atomic E-state index is 0.0152. The van der Waals surface area contributed by atoms with E-state index in [0.29, 0.717) is 35.2 Å². The Morgan fingerprint density at radius 3 is 2.79 bits per heavy atom. The van der Waals surface area contributed by atoms with Crippen LogP contribution < -0.4 is 10.6 Å². The lowest BCUT2D eigenvalue weighted by molar-refractivity contribution is 0.0974. The molecule has 0 saturated carbocycles. The van der Waals surface area contributed by atoms with Gasteiger partial charge in [-0.2, -0.15) is 5.26 Å². The Hall–Kier alpha value is -3.04. The van der Waals surface area contributed by atoms with Gasteiger partial charge >= 0.3 is 0 Å².